The van der Waals surface area contributed by atoms with Gasteiger partial charge in [0.15, 0.2) is 0 Å². The third kappa shape index (κ3) is 4.40. The average Bonchev–Trinajstić information content (AvgIpc) is 2.67. The molecule has 26 heavy (non-hydrogen) atoms. The predicted octanol–water partition coefficient (Wildman–Crippen LogP) is 4.70. The van der Waals surface area contributed by atoms with Crippen molar-refractivity contribution < 1.29 is 14.5 Å². The molecule has 1 aliphatic heterocycles. The van der Waals surface area contributed by atoms with E-state index in [1.165, 1.54) is 6.07 Å². The molecule has 1 heterocycles. The van der Waals surface area contributed by atoms with Crippen LogP contribution in [0.15, 0.2) is 46.9 Å². The molecule has 0 N–H and O–H groups in total. The van der Waals surface area contributed by atoms with Crippen LogP contribution in [0.3, 0.4) is 0 Å². The summed E-state index contributed by atoms with van der Waals surface area (Å²) in [5.74, 6) is -0.568. The van der Waals surface area contributed by atoms with Crippen LogP contribution in [-0.4, -0.2) is 24.0 Å². The van der Waals surface area contributed by atoms with Crippen molar-refractivity contribution in [3.05, 3.63) is 68.2 Å². The summed E-state index contributed by atoms with van der Waals surface area (Å²) in [5, 5.41) is 11.5. The Hall–Kier alpha value is -2.41. The summed E-state index contributed by atoms with van der Waals surface area (Å²) < 4.78 is 6.22. The fraction of sp³-hybridized carbons (Fsp3) is 0.316. The van der Waals surface area contributed by atoms with Crippen LogP contribution in [0.5, 0.6) is 0 Å². The second-order valence-electron chi connectivity index (χ2n) is 6.21. The average molecular weight is 419 g/mol. The van der Waals surface area contributed by atoms with E-state index >= 15 is 0 Å². The summed E-state index contributed by atoms with van der Waals surface area (Å²) in [6, 6.07) is 12.0. The topological polar surface area (TPSA) is 72.7 Å². The summed E-state index contributed by atoms with van der Waals surface area (Å²) >= 11 is 3.35. The third-order valence-corrected chi connectivity index (χ3v) is 4.92. The minimum atomic E-state index is -0.568. The number of hydrogen-bond donors (Lipinski definition) is 0. The van der Waals surface area contributed by atoms with Gasteiger partial charge in [0.2, 0.25) is 0 Å². The lowest BCUT2D eigenvalue weighted by Gasteiger charge is -2.28. The van der Waals surface area contributed by atoms with Crippen molar-refractivity contribution in [3.63, 3.8) is 0 Å². The summed E-state index contributed by atoms with van der Waals surface area (Å²) in [5.41, 5.74) is 1.56. The van der Waals surface area contributed by atoms with Gasteiger partial charge >= 0.3 is 5.97 Å². The van der Waals surface area contributed by atoms with Crippen LogP contribution in [0.25, 0.3) is 0 Å². The highest BCUT2D eigenvalue weighted by Crippen LogP contribution is 2.31. The van der Waals surface area contributed by atoms with E-state index < -0.39 is 10.9 Å². The van der Waals surface area contributed by atoms with Crippen molar-refractivity contribution in [3.8, 4) is 0 Å². The lowest BCUT2D eigenvalue weighted by atomic mass is 10.1. The maximum absolute atomic E-state index is 12.3. The fourth-order valence-corrected chi connectivity index (χ4v) is 3.28. The molecule has 0 aliphatic carbocycles. The molecule has 1 saturated heterocycles. The van der Waals surface area contributed by atoms with Gasteiger partial charge in [-0.25, -0.2) is 4.79 Å². The molecule has 0 aromatic heterocycles. The zero-order chi connectivity index (χ0) is 18.5. The van der Waals surface area contributed by atoms with Gasteiger partial charge in [-0.2, -0.15) is 0 Å². The maximum Gasteiger partial charge on any atom is 0.338 e. The zero-order valence-electron chi connectivity index (χ0n) is 14.2. The van der Waals surface area contributed by atoms with E-state index in [9.17, 15) is 14.9 Å². The van der Waals surface area contributed by atoms with Crippen LogP contribution in [0, 0.1) is 10.1 Å². The molecule has 2 aromatic rings. The second kappa shape index (κ2) is 8.31. The lowest BCUT2D eigenvalue weighted by Crippen LogP contribution is -2.30. The summed E-state index contributed by atoms with van der Waals surface area (Å²) in [4.78, 5) is 25.3. The molecule has 2 aromatic carbocycles. The Morgan fingerprint density at radius 3 is 2.46 bits per heavy atom. The molecule has 6 nitrogen and oxygen atoms in total. The number of esters is 1. The molecule has 7 heteroatoms. The molecule has 1 aliphatic rings. The van der Waals surface area contributed by atoms with Crippen molar-refractivity contribution in [1.82, 2.24) is 0 Å². The first-order chi connectivity index (χ1) is 12.5. The van der Waals surface area contributed by atoms with Gasteiger partial charge in [0.05, 0.1) is 10.5 Å². The number of nitro groups is 1. The highest BCUT2D eigenvalue weighted by molar-refractivity contribution is 9.10. The molecule has 0 radical (unpaired) electrons. The van der Waals surface area contributed by atoms with E-state index in [1.807, 2.05) is 29.2 Å². The Kier molecular flexibility index (Phi) is 5.88. The molecule has 0 atom stereocenters. The fourth-order valence-electron chi connectivity index (χ4n) is 3.01. The van der Waals surface area contributed by atoms with Crippen LogP contribution < -0.4 is 4.90 Å². The molecule has 0 spiro atoms. The Balaban J connectivity index is 1.74. The first kappa shape index (κ1) is 18.4. The van der Waals surface area contributed by atoms with E-state index in [2.05, 4.69) is 15.9 Å². The smallest absolute Gasteiger partial charge is 0.338 e. The first-order valence-corrected chi connectivity index (χ1v) is 9.29. The maximum atomic E-state index is 12.3. The van der Waals surface area contributed by atoms with Gasteiger partial charge < -0.3 is 9.64 Å². The Morgan fingerprint density at radius 2 is 1.81 bits per heavy atom. The van der Waals surface area contributed by atoms with Crippen molar-refractivity contribution in [2.24, 2.45) is 0 Å². The van der Waals surface area contributed by atoms with E-state index in [0.717, 1.165) is 42.4 Å². The van der Waals surface area contributed by atoms with Crippen molar-refractivity contribution >= 4 is 33.3 Å². The van der Waals surface area contributed by atoms with E-state index in [0.29, 0.717) is 5.69 Å². The van der Waals surface area contributed by atoms with Gasteiger partial charge in [0, 0.05) is 23.6 Å². The molecule has 136 valence electrons. The minimum Gasteiger partial charge on any atom is -0.457 e. The predicted molar refractivity (Wildman–Crippen MR) is 102 cm³/mol. The lowest BCUT2D eigenvalue weighted by molar-refractivity contribution is -0.384. The first-order valence-electron chi connectivity index (χ1n) is 8.49. The highest BCUT2D eigenvalue weighted by atomic mass is 79.9. The number of nitrogens with zero attached hydrogens (tertiary/aromatic N) is 2. The monoisotopic (exact) mass is 418 g/mol. The Labute approximate surface area is 160 Å². The van der Waals surface area contributed by atoms with Crippen molar-refractivity contribution in [2.45, 2.75) is 25.9 Å². The Bertz CT molecular complexity index is 802. The summed E-state index contributed by atoms with van der Waals surface area (Å²) in [6.07, 6.45) is 3.19. The number of ether oxygens (including phenoxy) is 1. The van der Waals surface area contributed by atoms with Gasteiger partial charge in [-0.3, -0.25) is 10.1 Å². The van der Waals surface area contributed by atoms with E-state index in [1.54, 1.807) is 12.1 Å². The van der Waals surface area contributed by atoms with Gasteiger partial charge in [-0.05, 0) is 49.1 Å². The summed E-state index contributed by atoms with van der Waals surface area (Å²) in [7, 11) is 0. The number of hydrogen-bond acceptors (Lipinski definition) is 5. The molecule has 0 amide bonds. The molecule has 0 bridgehead atoms. The number of nitro benzene ring substituents is 1. The van der Waals surface area contributed by atoms with Crippen LogP contribution in [0.1, 0.15) is 35.2 Å². The van der Waals surface area contributed by atoms with Crippen molar-refractivity contribution in [2.75, 3.05) is 18.0 Å². The van der Waals surface area contributed by atoms with E-state index in [-0.39, 0.29) is 17.9 Å². The van der Waals surface area contributed by atoms with Gasteiger partial charge in [-0.1, -0.05) is 28.1 Å². The molecule has 3 rings (SSSR count). The molecule has 1 fully saturated rings. The number of halogens is 1. The highest BCUT2D eigenvalue weighted by Gasteiger charge is 2.23. The van der Waals surface area contributed by atoms with Crippen LogP contribution >= 0.6 is 15.9 Å². The number of carbonyl (C=O) groups is 1. The Morgan fingerprint density at radius 1 is 1.12 bits per heavy atom. The third-order valence-electron chi connectivity index (χ3n) is 4.39. The van der Waals surface area contributed by atoms with Crippen molar-refractivity contribution in [1.29, 1.82) is 0 Å². The van der Waals surface area contributed by atoms with E-state index in [4.69, 9.17) is 4.74 Å². The normalized spacial score (nSPS) is 14.1. The van der Waals surface area contributed by atoms with Crippen LogP contribution in [-0.2, 0) is 11.3 Å². The molecule has 0 unspecified atom stereocenters. The number of anilines is 1. The minimum absolute atomic E-state index is 0.0509. The molecular formula is C19H19BrN2O4. The van der Waals surface area contributed by atoms with Gasteiger partial charge in [0.1, 0.15) is 12.3 Å². The number of piperidine rings is 1. The SMILES string of the molecule is O=C(OCc1ccc(Br)cc1)c1ccc(N2CCCCC2)c([N+](=O)[O-])c1. The molecular weight excluding hydrogens is 400 g/mol. The largest absolute Gasteiger partial charge is 0.457 e. The second-order valence-corrected chi connectivity index (χ2v) is 7.13. The standard InChI is InChI=1S/C19H19BrN2O4/c20-16-7-4-14(5-8-16)13-26-19(23)15-6-9-17(18(12-15)22(24)25)21-10-2-1-3-11-21/h4-9,12H,1-3,10-11,13H2. The number of rotatable bonds is 5. The molecule has 0 saturated carbocycles. The summed E-state index contributed by atoms with van der Waals surface area (Å²) in [6.45, 7) is 1.72. The van der Waals surface area contributed by atoms with Gasteiger partial charge in [0.25, 0.3) is 5.69 Å². The number of carbonyl (C=O) groups excluding carboxylic acids is 1. The van der Waals surface area contributed by atoms with Crippen LogP contribution in [0.4, 0.5) is 11.4 Å². The quantitative estimate of drug-likeness (QED) is 0.399. The zero-order valence-corrected chi connectivity index (χ0v) is 15.8. The number of benzene rings is 2. The van der Waals surface area contributed by atoms with Crippen LogP contribution in [0.2, 0.25) is 0 Å². The van der Waals surface area contributed by atoms with Gasteiger partial charge in [-0.15, -0.1) is 0 Å².